The summed E-state index contributed by atoms with van der Waals surface area (Å²) >= 11 is 13.4. The van der Waals surface area contributed by atoms with Crippen molar-refractivity contribution in [2.24, 2.45) is 0 Å². The lowest BCUT2D eigenvalue weighted by atomic mass is 9.80. The quantitative estimate of drug-likeness (QED) is 0.605. The van der Waals surface area contributed by atoms with E-state index in [4.69, 9.17) is 23.2 Å². The van der Waals surface area contributed by atoms with Crippen LogP contribution in [0.15, 0.2) is 48.5 Å². The first-order valence-corrected chi connectivity index (χ1v) is 7.12. The van der Waals surface area contributed by atoms with Crippen LogP contribution < -0.4 is 0 Å². The van der Waals surface area contributed by atoms with Gasteiger partial charge in [-0.2, -0.15) is 0 Å². The SMILES string of the molecule is Cl[C@@H]1[C@H]2c3ccccc3[C@@H]1[C@@H](Cl)c1ccccc12. The van der Waals surface area contributed by atoms with Crippen molar-refractivity contribution >= 4 is 23.2 Å². The maximum absolute atomic E-state index is 6.68. The van der Waals surface area contributed by atoms with Crippen LogP contribution in [0.5, 0.6) is 0 Å². The summed E-state index contributed by atoms with van der Waals surface area (Å²) in [6.07, 6.45) is 0. The number of hydrogen-bond donors (Lipinski definition) is 0. The summed E-state index contributed by atoms with van der Waals surface area (Å²) in [7, 11) is 0. The first kappa shape index (κ1) is 10.9. The normalized spacial score (nSPS) is 31.9. The van der Waals surface area contributed by atoms with Crippen LogP contribution in [-0.4, -0.2) is 5.38 Å². The van der Waals surface area contributed by atoms with Gasteiger partial charge in [-0.15, -0.1) is 23.2 Å². The topological polar surface area (TPSA) is 0 Å². The van der Waals surface area contributed by atoms with E-state index in [2.05, 4.69) is 48.5 Å². The van der Waals surface area contributed by atoms with Gasteiger partial charge < -0.3 is 0 Å². The maximum Gasteiger partial charge on any atom is 0.0671 e. The van der Waals surface area contributed by atoms with E-state index in [1.807, 2.05) is 0 Å². The Morgan fingerprint density at radius 2 is 1.17 bits per heavy atom. The molecule has 0 radical (unpaired) electrons. The highest BCUT2D eigenvalue weighted by molar-refractivity contribution is 6.26. The molecule has 18 heavy (non-hydrogen) atoms. The van der Waals surface area contributed by atoms with E-state index in [-0.39, 0.29) is 16.7 Å². The van der Waals surface area contributed by atoms with Crippen LogP contribution in [0.4, 0.5) is 0 Å². The largest absolute Gasteiger partial charge is 0.121 e. The molecule has 2 aromatic carbocycles. The van der Waals surface area contributed by atoms with Gasteiger partial charge in [-0.25, -0.2) is 0 Å². The van der Waals surface area contributed by atoms with Crippen LogP contribution in [0.25, 0.3) is 0 Å². The molecule has 2 heteroatoms. The van der Waals surface area contributed by atoms with Crippen LogP contribution in [-0.2, 0) is 0 Å². The summed E-state index contributed by atoms with van der Waals surface area (Å²) in [5.41, 5.74) is 5.25. The second kappa shape index (κ2) is 3.76. The molecule has 0 aromatic heterocycles. The minimum atomic E-state index is -0.0106. The third-order valence-electron chi connectivity index (χ3n) is 4.30. The van der Waals surface area contributed by atoms with Crippen LogP contribution in [0.3, 0.4) is 0 Å². The minimum absolute atomic E-state index is 0.0106. The molecule has 2 bridgehead atoms. The van der Waals surface area contributed by atoms with Gasteiger partial charge in [0.1, 0.15) is 0 Å². The van der Waals surface area contributed by atoms with Crippen LogP contribution in [0.2, 0.25) is 0 Å². The van der Waals surface area contributed by atoms with Crippen molar-refractivity contribution in [3.8, 4) is 0 Å². The van der Waals surface area contributed by atoms with Gasteiger partial charge in [0, 0.05) is 11.8 Å². The summed E-state index contributed by atoms with van der Waals surface area (Å²) in [6, 6.07) is 17.0. The molecule has 0 spiro atoms. The Labute approximate surface area is 117 Å². The lowest BCUT2D eigenvalue weighted by Crippen LogP contribution is -2.24. The van der Waals surface area contributed by atoms with E-state index in [0.717, 1.165) is 0 Å². The molecular formula is C16H12Cl2. The molecular weight excluding hydrogens is 263 g/mol. The van der Waals surface area contributed by atoms with E-state index < -0.39 is 0 Å². The van der Waals surface area contributed by atoms with Crippen molar-refractivity contribution in [2.75, 3.05) is 0 Å². The summed E-state index contributed by atoms with van der Waals surface area (Å²) in [5.74, 6) is 0.545. The lowest BCUT2D eigenvalue weighted by Gasteiger charge is -2.32. The van der Waals surface area contributed by atoms with E-state index in [9.17, 15) is 0 Å². The smallest absolute Gasteiger partial charge is 0.0671 e. The minimum Gasteiger partial charge on any atom is -0.121 e. The Morgan fingerprint density at radius 1 is 0.667 bits per heavy atom. The van der Waals surface area contributed by atoms with Crippen molar-refractivity contribution in [1.29, 1.82) is 0 Å². The second-order valence-corrected chi connectivity index (χ2v) is 6.08. The first-order valence-electron chi connectivity index (χ1n) is 6.25. The number of fused-ring (bicyclic) bond motifs is 7. The Bertz CT molecular complexity index is 620. The van der Waals surface area contributed by atoms with Gasteiger partial charge in [0.2, 0.25) is 0 Å². The van der Waals surface area contributed by atoms with E-state index in [1.165, 1.54) is 22.3 Å². The standard InChI is InChI=1S/C16H12Cl2/c17-15-12-8-4-3-7-11(12)13-9-5-1-2-6-10(9)14(15)16(13)18/h1-8,13-16H/t13-,14+,15-,16+/m0/s1. The third kappa shape index (κ3) is 1.23. The average molecular weight is 275 g/mol. The molecule has 0 heterocycles. The molecule has 2 aliphatic rings. The fraction of sp³-hybridized carbons (Fsp3) is 0.250. The molecule has 0 saturated heterocycles. The van der Waals surface area contributed by atoms with Gasteiger partial charge >= 0.3 is 0 Å². The Kier molecular flexibility index (Phi) is 2.27. The monoisotopic (exact) mass is 274 g/mol. The number of rotatable bonds is 0. The zero-order valence-corrected chi connectivity index (χ0v) is 11.2. The van der Waals surface area contributed by atoms with Gasteiger partial charge in [0.15, 0.2) is 0 Å². The second-order valence-electron chi connectivity index (χ2n) is 5.11. The number of hydrogen-bond acceptors (Lipinski definition) is 0. The average Bonchev–Trinajstić information content (AvgIpc) is 2.63. The van der Waals surface area contributed by atoms with E-state index in [0.29, 0.717) is 5.92 Å². The van der Waals surface area contributed by atoms with Gasteiger partial charge in [0.05, 0.1) is 10.8 Å². The maximum atomic E-state index is 6.68. The summed E-state index contributed by atoms with van der Waals surface area (Å²) in [4.78, 5) is 0. The molecule has 0 saturated carbocycles. The Balaban J connectivity index is 2.04. The number of alkyl halides is 2. The van der Waals surface area contributed by atoms with Crippen molar-refractivity contribution in [3.05, 3.63) is 70.8 Å². The zero-order chi connectivity index (χ0) is 12.3. The fourth-order valence-electron chi connectivity index (χ4n) is 3.54. The molecule has 0 fully saturated rings. The highest BCUT2D eigenvalue weighted by Crippen LogP contribution is 2.59. The zero-order valence-electron chi connectivity index (χ0n) is 9.68. The first-order chi connectivity index (χ1) is 8.79. The van der Waals surface area contributed by atoms with Crippen molar-refractivity contribution in [3.63, 3.8) is 0 Å². The molecule has 90 valence electrons. The fourth-order valence-corrected chi connectivity index (χ4v) is 4.66. The molecule has 4 atom stereocenters. The highest BCUT2D eigenvalue weighted by atomic mass is 35.5. The molecule has 0 nitrogen and oxygen atoms in total. The van der Waals surface area contributed by atoms with Crippen molar-refractivity contribution in [2.45, 2.75) is 22.6 Å². The van der Waals surface area contributed by atoms with Crippen LogP contribution >= 0.6 is 23.2 Å². The molecule has 0 N–H and O–H groups in total. The summed E-state index contributed by atoms with van der Waals surface area (Å²) < 4.78 is 0. The molecule has 4 rings (SSSR count). The summed E-state index contributed by atoms with van der Waals surface area (Å²) in [6.45, 7) is 0. The molecule has 0 unspecified atom stereocenters. The van der Waals surface area contributed by atoms with Crippen LogP contribution in [0, 0.1) is 0 Å². The van der Waals surface area contributed by atoms with Crippen molar-refractivity contribution < 1.29 is 0 Å². The molecule has 2 aromatic rings. The lowest BCUT2D eigenvalue weighted by molar-refractivity contribution is 0.586. The van der Waals surface area contributed by atoms with Gasteiger partial charge in [-0.05, 0) is 22.3 Å². The molecule has 2 aliphatic carbocycles. The third-order valence-corrected chi connectivity index (χ3v) is 5.33. The highest BCUT2D eigenvalue weighted by Gasteiger charge is 2.48. The molecule has 0 aliphatic heterocycles. The predicted octanol–water partition coefficient (Wildman–Crippen LogP) is 4.82. The van der Waals surface area contributed by atoms with Gasteiger partial charge in [0.25, 0.3) is 0 Å². The number of benzene rings is 2. The van der Waals surface area contributed by atoms with Crippen molar-refractivity contribution in [1.82, 2.24) is 0 Å². The van der Waals surface area contributed by atoms with Gasteiger partial charge in [-0.1, -0.05) is 48.5 Å². The van der Waals surface area contributed by atoms with Gasteiger partial charge in [-0.3, -0.25) is 0 Å². The number of halogens is 2. The summed E-state index contributed by atoms with van der Waals surface area (Å²) in [5, 5.41) is 0.0726. The Hall–Kier alpha value is -0.980. The van der Waals surface area contributed by atoms with Crippen LogP contribution in [0.1, 0.15) is 39.5 Å². The molecule has 0 amide bonds. The Morgan fingerprint density at radius 3 is 1.83 bits per heavy atom. The predicted molar refractivity (Wildman–Crippen MR) is 75.7 cm³/mol. The van der Waals surface area contributed by atoms with E-state index in [1.54, 1.807) is 0 Å². The van der Waals surface area contributed by atoms with E-state index >= 15 is 0 Å².